The van der Waals surface area contributed by atoms with Crippen LogP contribution in [0.2, 0.25) is 0 Å². The summed E-state index contributed by atoms with van der Waals surface area (Å²) in [5, 5.41) is 12.9. The van der Waals surface area contributed by atoms with Gasteiger partial charge in [0, 0.05) is 6.54 Å². The topological polar surface area (TPSA) is 69.6 Å². The van der Waals surface area contributed by atoms with E-state index in [1.165, 1.54) is 17.7 Å². The molecule has 5 heteroatoms. The lowest BCUT2D eigenvalue weighted by molar-refractivity contribution is -0.141. The van der Waals surface area contributed by atoms with Crippen molar-refractivity contribution < 1.29 is 14.7 Å². The third-order valence-electron chi connectivity index (χ3n) is 5.50. The maximum atomic E-state index is 12.7. The molecule has 3 fully saturated rings. The Hall–Kier alpha value is -1.26. The highest BCUT2D eigenvalue weighted by molar-refractivity contribution is 5.92. The van der Waals surface area contributed by atoms with E-state index in [2.05, 4.69) is 5.32 Å². The Kier molecular flexibility index (Phi) is 3.38. The van der Waals surface area contributed by atoms with Gasteiger partial charge < -0.3 is 10.4 Å². The molecule has 0 radical (unpaired) electrons. The summed E-state index contributed by atoms with van der Waals surface area (Å²) in [6.45, 7) is 0.480. The van der Waals surface area contributed by atoms with Gasteiger partial charge in [-0.2, -0.15) is 0 Å². The lowest BCUT2D eigenvalue weighted by Crippen LogP contribution is -2.73. The Bertz CT molecular complexity index is 407. The van der Waals surface area contributed by atoms with Crippen LogP contribution in [0.1, 0.15) is 64.2 Å². The van der Waals surface area contributed by atoms with E-state index in [-0.39, 0.29) is 11.4 Å². The van der Waals surface area contributed by atoms with Gasteiger partial charge in [-0.3, -0.25) is 9.69 Å². The van der Waals surface area contributed by atoms with Crippen LogP contribution in [0, 0.1) is 0 Å². The Balaban J connectivity index is 1.90. The molecule has 112 valence electrons. The molecule has 0 bridgehead atoms. The normalized spacial score (nSPS) is 28.4. The van der Waals surface area contributed by atoms with Crippen molar-refractivity contribution in [2.24, 2.45) is 0 Å². The third kappa shape index (κ3) is 2.07. The number of nitrogens with zero attached hydrogens (tertiary/aromatic N) is 1. The van der Waals surface area contributed by atoms with Crippen LogP contribution in [0.4, 0.5) is 4.79 Å². The summed E-state index contributed by atoms with van der Waals surface area (Å²) < 4.78 is 0. The number of carbonyl (C=O) groups is 2. The minimum atomic E-state index is -0.926. The zero-order valence-corrected chi connectivity index (χ0v) is 12.0. The first-order chi connectivity index (χ1) is 9.58. The molecular weight excluding hydrogens is 256 g/mol. The first-order valence-corrected chi connectivity index (χ1v) is 7.91. The van der Waals surface area contributed by atoms with Gasteiger partial charge in [-0.05, 0) is 25.7 Å². The first-order valence-electron chi connectivity index (χ1n) is 7.91. The summed E-state index contributed by atoms with van der Waals surface area (Å²) in [4.78, 5) is 25.9. The second-order valence-electron chi connectivity index (χ2n) is 6.76. The zero-order valence-electron chi connectivity index (χ0n) is 12.0. The molecule has 3 rings (SSSR count). The standard InChI is InChI=1S/C15H24N2O3/c18-12-15(9-5-6-10-15)17(13(19)20)11-14(16-12)7-3-1-2-4-8-14/h1-11H2,(H,16,18)(H,19,20). The highest BCUT2D eigenvalue weighted by atomic mass is 16.4. The van der Waals surface area contributed by atoms with Crippen LogP contribution in [0.5, 0.6) is 0 Å². The smallest absolute Gasteiger partial charge is 0.408 e. The fourth-order valence-electron chi connectivity index (χ4n) is 4.37. The molecule has 20 heavy (non-hydrogen) atoms. The van der Waals surface area contributed by atoms with Gasteiger partial charge in [0.1, 0.15) is 5.54 Å². The van der Waals surface area contributed by atoms with Crippen molar-refractivity contribution in [2.75, 3.05) is 6.54 Å². The molecule has 2 saturated carbocycles. The van der Waals surface area contributed by atoms with E-state index in [1.54, 1.807) is 0 Å². The number of hydrogen-bond donors (Lipinski definition) is 2. The second kappa shape index (κ2) is 4.93. The van der Waals surface area contributed by atoms with Crippen molar-refractivity contribution in [2.45, 2.75) is 75.3 Å². The predicted octanol–water partition coefficient (Wildman–Crippen LogP) is 2.50. The Morgan fingerprint density at radius 1 is 1.00 bits per heavy atom. The van der Waals surface area contributed by atoms with E-state index in [1.807, 2.05) is 0 Å². The molecule has 1 saturated heterocycles. The fraction of sp³-hybridized carbons (Fsp3) is 0.867. The van der Waals surface area contributed by atoms with Gasteiger partial charge in [-0.15, -0.1) is 0 Å². The van der Waals surface area contributed by atoms with E-state index in [4.69, 9.17) is 0 Å². The van der Waals surface area contributed by atoms with Crippen molar-refractivity contribution >= 4 is 12.0 Å². The highest BCUT2D eigenvalue weighted by Gasteiger charge is 2.56. The van der Waals surface area contributed by atoms with Gasteiger partial charge in [-0.1, -0.05) is 38.5 Å². The van der Waals surface area contributed by atoms with Gasteiger partial charge in [0.2, 0.25) is 5.91 Å². The minimum Gasteiger partial charge on any atom is -0.465 e. The van der Waals surface area contributed by atoms with Gasteiger partial charge in [-0.25, -0.2) is 4.79 Å². The number of rotatable bonds is 0. The van der Waals surface area contributed by atoms with Gasteiger partial charge >= 0.3 is 6.09 Å². The van der Waals surface area contributed by atoms with E-state index in [0.29, 0.717) is 19.4 Å². The Labute approximate surface area is 119 Å². The van der Waals surface area contributed by atoms with Gasteiger partial charge in [0.15, 0.2) is 0 Å². The third-order valence-corrected chi connectivity index (χ3v) is 5.50. The summed E-state index contributed by atoms with van der Waals surface area (Å²) >= 11 is 0. The number of amides is 2. The molecule has 0 aromatic carbocycles. The molecule has 2 amide bonds. The molecule has 0 unspecified atom stereocenters. The SMILES string of the molecule is O=C(O)N1CC2(CCCCCC2)NC(=O)C12CCCC2. The predicted molar refractivity (Wildman–Crippen MR) is 74.5 cm³/mol. The van der Waals surface area contributed by atoms with Crippen molar-refractivity contribution in [3.05, 3.63) is 0 Å². The maximum Gasteiger partial charge on any atom is 0.408 e. The molecule has 1 heterocycles. The number of carbonyl (C=O) groups excluding carboxylic acids is 1. The molecule has 0 aromatic heterocycles. The van der Waals surface area contributed by atoms with Crippen LogP contribution in [0.3, 0.4) is 0 Å². The summed E-state index contributed by atoms with van der Waals surface area (Å²) in [6, 6.07) is 0. The average Bonchev–Trinajstić information content (AvgIpc) is 2.78. The summed E-state index contributed by atoms with van der Waals surface area (Å²) in [5.41, 5.74) is -1.08. The average molecular weight is 280 g/mol. The molecule has 3 aliphatic rings. The first kappa shape index (κ1) is 13.7. The van der Waals surface area contributed by atoms with Crippen molar-refractivity contribution in [1.82, 2.24) is 10.2 Å². The van der Waals surface area contributed by atoms with Crippen LogP contribution in [-0.2, 0) is 4.79 Å². The van der Waals surface area contributed by atoms with E-state index in [0.717, 1.165) is 38.5 Å². The number of piperazine rings is 1. The number of carboxylic acid groups (broad SMARTS) is 1. The number of hydrogen-bond acceptors (Lipinski definition) is 2. The molecule has 1 aliphatic heterocycles. The minimum absolute atomic E-state index is 0.0365. The summed E-state index contributed by atoms with van der Waals surface area (Å²) in [6.07, 6.45) is 8.71. The second-order valence-corrected chi connectivity index (χ2v) is 6.76. The monoisotopic (exact) mass is 280 g/mol. The van der Waals surface area contributed by atoms with Crippen molar-refractivity contribution in [3.8, 4) is 0 Å². The van der Waals surface area contributed by atoms with Crippen LogP contribution in [-0.4, -0.2) is 39.6 Å². The van der Waals surface area contributed by atoms with Crippen molar-refractivity contribution in [3.63, 3.8) is 0 Å². The van der Waals surface area contributed by atoms with Gasteiger partial charge in [0.25, 0.3) is 0 Å². The van der Waals surface area contributed by atoms with Crippen LogP contribution < -0.4 is 5.32 Å². The molecule has 0 atom stereocenters. The summed E-state index contributed by atoms with van der Waals surface area (Å²) in [7, 11) is 0. The molecule has 2 aliphatic carbocycles. The number of nitrogens with one attached hydrogen (secondary N) is 1. The van der Waals surface area contributed by atoms with Crippen molar-refractivity contribution in [1.29, 1.82) is 0 Å². The Morgan fingerprint density at radius 3 is 2.10 bits per heavy atom. The van der Waals surface area contributed by atoms with Gasteiger partial charge in [0.05, 0.1) is 5.54 Å². The fourth-order valence-corrected chi connectivity index (χ4v) is 4.37. The quantitative estimate of drug-likeness (QED) is 0.716. The Morgan fingerprint density at radius 2 is 1.55 bits per heavy atom. The lowest BCUT2D eigenvalue weighted by Gasteiger charge is -2.51. The largest absolute Gasteiger partial charge is 0.465 e. The molecule has 2 spiro atoms. The molecule has 0 aromatic rings. The molecule has 5 nitrogen and oxygen atoms in total. The molecular formula is C15H24N2O3. The zero-order chi connectivity index (χ0) is 14.2. The molecule has 2 N–H and O–H groups in total. The van der Waals surface area contributed by atoms with Crippen LogP contribution >= 0.6 is 0 Å². The van der Waals surface area contributed by atoms with E-state index in [9.17, 15) is 14.7 Å². The van der Waals surface area contributed by atoms with Crippen LogP contribution in [0.25, 0.3) is 0 Å². The maximum absolute atomic E-state index is 12.7. The highest BCUT2D eigenvalue weighted by Crippen LogP contribution is 2.42. The van der Waals surface area contributed by atoms with E-state index < -0.39 is 11.6 Å². The summed E-state index contributed by atoms with van der Waals surface area (Å²) in [5.74, 6) is -0.0365. The lowest BCUT2D eigenvalue weighted by atomic mass is 9.81. The van der Waals surface area contributed by atoms with E-state index >= 15 is 0 Å². The van der Waals surface area contributed by atoms with Crippen LogP contribution in [0.15, 0.2) is 0 Å².